The molecule has 2 aromatic rings. The van der Waals surface area contributed by atoms with Crippen LogP contribution in [0, 0.1) is 0 Å². The third-order valence-corrected chi connectivity index (χ3v) is 4.39. The van der Waals surface area contributed by atoms with Gasteiger partial charge in [-0.15, -0.1) is 5.10 Å². The Balaban J connectivity index is 1.73. The molecule has 5 nitrogen and oxygen atoms in total. The summed E-state index contributed by atoms with van der Waals surface area (Å²) in [6.07, 6.45) is 4.50. The molecule has 1 heterocycles. The molecule has 0 spiro atoms. The van der Waals surface area contributed by atoms with Crippen LogP contribution in [0.2, 0.25) is 5.02 Å². The van der Waals surface area contributed by atoms with Gasteiger partial charge in [-0.05, 0) is 37.0 Å². The van der Waals surface area contributed by atoms with Crippen LogP contribution in [0.15, 0.2) is 30.5 Å². The molecule has 20 heavy (non-hydrogen) atoms. The normalized spacial score (nSPS) is 16.2. The van der Waals surface area contributed by atoms with E-state index in [1.54, 1.807) is 0 Å². The minimum Gasteiger partial charge on any atom is -0.328 e. The van der Waals surface area contributed by atoms with Crippen molar-refractivity contribution in [1.82, 2.24) is 14.9 Å². The Morgan fingerprint density at radius 2 is 2.05 bits per heavy atom. The summed E-state index contributed by atoms with van der Waals surface area (Å²) < 4.78 is 3.71. The number of nitrogens with one attached hydrogen (secondary N) is 2. The van der Waals surface area contributed by atoms with E-state index in [2.05, 4.69) is 20.2 Å². The SMILES string of the molecule is O=C(Nc1cnns1)NC1(c2ccc(Cl)cc2)CCC1. The topological polar surface area (TPSA) is 66.9 Å². The Labute approximate surface area is 125 Å². The predicted octanol–water partition coefficient (Wildman–Crippen LogP) is 3.39. The Morgan fingerprint density at radius 1 is 1.30 bits per heavy atom. The van der Waals surface area contributed by atoms with Crippen molar-refractivity contribution >= 4 is 34.2 Å². The van der Waals surface area contributed by atoms with Gasteiger partial charge in [-0.3, -0.25) is 5.32 Å². The Hall–Kier alpha value is -1.66. The predicted molar refractivity (Wildman–Crippen MR) is 79.0 cm³/mol. The molecule has 1 fully saturated rings. The lowest BCUT2D eigenvalue weighted by molar-refractivity contribution is 0.185. The number of urea groups is 1. The maximum Gasteiger partial charge on any atom is 0.320 e. The molecule has 1 aromatic heterocycles. The minimum atomic E-state index is -0.285. The second-order valence-corrected chi connectivity index (χ2v) is 6.03. The quantitative estimate of drug-likeness (QED) is 0.913. The number of hydrogen-bond donors (Lipinski definition) is 2. The van der Waals surface area contributed by atoms with Gasteiger partial charge in [-0.25, -0.2) is 4.79 Å². The molecular weight excluding hydrogens is 296 g/mol. The standard InChI is InChI=1S/C13H13ClN4OS/c14-10-4-2-9(3-5-10)13(6-1-7-13)17-12(19)16-11-8-15-18-20-11/h2-5,8H,1,6-7H2,(H2,16,17,19). The molecule has 7 heteroatoms. The fourth-order valence-corrected chi connectivity index (χ4v) is 2.91. The average Bonchev–Trinajstić information content (AvgIpc) is 2.88. The zero-order valence-corrected chi connectivity index (χ0v) is 12.2. The van der Waals surface area contributed by atoms with Crippen LogP contribution < -0.4 is 10.6 Å². The summed E-state index contributed by atoms with van der Waals surface area (Å²) in [7, 11) is 0. The molecule has 0 saturated heterocycles. The van der Waals surface area contributed by atoms with Gasteiger partial charge in [0.1, 0.15) is 5.00 Å². The number of amides is 2. The third-order valence-electron chi connectivity index (χ3n) is 3.55. The van der Waals surface area contributed by atoms with Crippen molar-refractivity contribution < 1.29 is 4.79 Å². The first-order valence-corrected chi connectivity index (χ1v) is 7.46. The van der Waals surface area contributed by atoms with Gasteiger partial charge in [0.05, 0.1) is 11.7 Å². The lowest BCUT2D eigenvalue weighted by Gasteiger charge is -2.43. The van der Waals surface area contributed by atoms with Crippen molar-refractivity contribution in [3.8, 4) is 0 Å². The summed E-state index contributed by atoms with van der Waals surface area (Å²) in [4.78, 5) is 12.1. The van der Waals surface area contributed by atoms with Crippen molar-refractivity contribution in [2.75, 3.05) is 5.32 Å². The zero-order chi connectivity index (χ0) is 14.0. The van der Waals surface area contributed by atoms with Gasteiger partial charge in [-0.1, -0.05) is 28.2 Å². The van der Waals surface area contributed by atoms with Gasteiger partial charge < -0.3 is 5.32 Å². The first-order valence-electron chi connectivity index (χ1n) is 6.31. The fourth-order valence-electron chi connectivity index (χ4n) is 2.37. The smallest absolute Gasteiger partial charge is 0.320 e. The van der Waals surface area contributed by atoms with Crippen LogP contribution in [-0.2, 0) is 5.54 Å². The molecule has 0 bridgehead atoms. The summed E-state index contributed by atoms with van der Waals surface area (Å²) in [5, 5.41) is 10.8. The van der Waals surface area contributed by atoms with Crippen LogP contribution in [0.4, 0.5) is 9.80 Å². The van der Waals surface area contributed by atoms with Crippen LogP contribution >= 0.6 is 23.1 Å². The first-order chi connectivity index (χ1) is 9.68. The van der Waals surface area contributed by atoms with E-state index in [4.69, 9.17) is 11.6 Å². The van der Waals surface area contributed by atoms with Gasteiger partial charge in [0, 0.05) is 16.6 Å². The van der Waals surface area contributed by atoms with E-state index in [1.807, 2.05) is 24.3 Å². The first kappa shape index (κ1) is 13.3. The number of nitrogens with zero attached hydrogens (tertiary/aromatic N) is 2. The molecule has 1 aliphatic carbocycles. The highest BCUT2D eigenvalue weighted by atomic mass is 35.5. The van der Waals surface area contributed by atoms with E-state index in [-0.39, 0.29) is 11.6 Å². The molecule has 2 amide bonds. The maximum absolute atomic E-state index is 12.1. The molecule has 1 aliphatic rings. The van der Waals surface area contributed by atoms with Gasteiger partial charge in [0.25, 0.3) is 0 Å². The van der Waals surface area contributed by atoms with Crippen LogP contribution in [-0.4, -0.2) is 15.6 Å². The van der Waals surface area contributed by atoms with Crippen molar-refractivity contribution in [2.24, 2.45) is 0 Å². The molecule has 0 aliphatic heterocycles. The zero-order valence-electron chi connectivity index (χ0n) is 10.6. The summed E-state index contributed by atoms with van der Waals surface area (Å²) in [5.41, 5.74) is 0.804. The van der Waals surface area contributed by atoms with Crippen molar-refractivity contribution in [2.45, 2.75) is 24.8 Å². The molecular formula is C13H13ClN4OS. The third kappa shape index (κ3) is 2.62. The molecule has 2 N–H and O–H groups in total. The number of halogens is 1. The molecule has 0 unspecified atom stereocenters. The number of carbonyl (C=O) groups is 1. The average molecular weight is 309 g/mol. The van der Waals surface area contributed by atoms with Crippen LogP contribution in [0.3, 0.4) is 0 Å². The van der Waals surface area contributed by atoms with E-state index in [1.165, 1.54) is 6.20 Å². The van der Waals surface area contributed by atoms with Crippen LogP contribution in [0.5, 0.6) is 0 Å². The molecule has 0 atom stereocenters. The molecule has 0 radical (unpaired) electrons. The van der Waals surface area contributed by atoms with Crippen molar-refractivity contribution in [3.63, 3.8) is 0 Å². The van der Waals surface area contributed by atoms with Gasteiger partial charge in [0.15, 0.2) is 0 Å². The van der Waals surface area contributed by atoms with Crippen LogP contribution in [0.25, 0.3) is 0 Å². The lowest BCUT2D eigenvalue weighted by atomic mass is 9.72. The van der Waals surface area contributed by atoms with Crippen LogP contribution in [0.1, 0.15) is 24.8 Å². The Bertz CT molecular complexity index is 595. The Kier molecular flexibility index (Phi) is 3.58. The maximum atomic E-state index is 12.1. The largest absolute Gasteiger partial charge is 0.328 e. The molecule has 1 saturated carbocycles. The summed E-state index contributed by atoms with van der Waals surface area (Å²) in [6, 6.07) is 7.41. The van der Waals surface area contributed by atoms with E-state index in [0.717, 1.165) is 36.4 Å². The van der Waals surface area contributed by atoms with E-state index in [9.17, 15) is 4.79 Å². The number of anilines is 1. The number of benzene rings is 1. The minimum absolute atomic E-state index is 0.231. The highest BCUT2D eigenvalue weighted by Crippen LogP contribution is 2.41. The summed E-state index contributed by atoms with van der Waals surface area (Å²) in [6.45, 7) is 0. The van der Waals surface area contributed by atoms with Gasteiger partial charge in [-0.2, -0.15) is 0 Å². The number of rotatable bonds is 3. The number of carbonyl (C=O) groups excluding carboxylic acids is 1. The Morgan fingerprint density at radius 3 is 2.60 bits per heavy atom. The van der Waals surface area contributed by atoms with Gasteiger partial charge >= 0.3 is 6.03 Å². The lowest BCUT2D eigenvalue weighted by Crippen LogP contribution is -2.52. The van der Waals surface area contributed by atoms with Crippen molar-refractivity contribution in [1.29, 1.82) is 0 Å². The van der Waals surface area contributed by atoms with Crippen molar-refractivity contribution in [3.05, 3.63) is 41.0 Å². The molecule has 1 aromatic carbocycles. The summed E-state index contributed by atoms with van der Waals surface area (Å²) in [5.74, 6) is 0. The summed E-state index contributed by atoms with van der Waals surface area (Å²) >= 11 is 7.06. The second kappa shape index (κ2) is 5.38. The fraction of sp³-hybridized carbons (Fsp3) is 0.308. The number of aromatic nitrogens is 2. The molecule has 104 valence electrons. The highest BCUT2D eigenvalue weighted by Gasteiger charge is 2.40. The van der Waals surface area contributed by atoms with E-state index >= 15 is 0 Å². The van der Waals surface area contributed by atoms with E-state index < -0.39 is 0 Å². The van der Waals surface area contributed by atoms with Gasteiger partial charge in [0.2, 0.25) is 0 Å². The monoisotopic (exact) mass is 308 g/mol. The second-order valence-electron chi connectivity index (χ2n) is 4.80. The van der Waals surface area contributed by atoms with E-state index in [0.29, 0.717) is 10.0 Å². The number of hydrogen-bond acceptors (Lipinski definition) is 4. The highest BCUT2D eigenvalue weighted by molar-refractivity contribution is 7.10. The molecule has 3 rings (SSSR count).